The smallest absolute Gasteiger partial charge is 0.264 e. The molecule has 21 heavy (non-hydrogen) atoms. The summed E-state index contributed by atoms with van der Waals surface area (Å²) in [6.07, 6.45) is 2.01. The van der Waals surface area contributed by atoms with E-state index in [1.165, 1.54) is 0 Å². The molecule has 0 radical (unpaired) electrons. The molecule has 4 nitrogen and oxygen atoms in total. The molecule has 1 saturated carbocycles. The zero-order chi connectivity index (χ0) is 15.9. The van der Waals surface area contributed by atoms with Crippen LogP contribution in [0.1, 0.15) is 30.1 Å². The normalized spacial score (nSPS) is 16.6. The third kappa shape index (κ3) is 3.62. The molecule has 0 heterocycles. The average molecular weight is 375 g/mol. The summed E-state index contributed by atoms with van der Waals surface area (Å²) in [6.45, 7) is 1.81. The number of rotatable bonds is 4. The summed E-state index contributed by atoms with van der Waals surface area (Å²) >= 11 is 11.4. The van der Waals surface area contributed by atoms with E-state index in [0.717, 1.165) is 18.9 Å². The highest BCUT2D eigenvalue weighted by Gasteiger charge is 2.31. The van der Waals surface area contributed by atoms with Crippen LogP contribution in [0.25, 0.3) is 0 Å². The number of carbonyl (C=O) groups excluding carboxylic acids is 1. The molecule has 0 aromatic heterocycles. The number of hydrogen-bond acceptors (Lipinski definition) is 3. The van der Waals surface area contributed by atoms with Crippen LogP contribution in [0, 0.1) is 11.7 Å². The van der Waals surface area contributed by atoms with E-state index in [1.54, 1.807) is 0 Å². The standard InChI is InChI=1S/C12H11Cl3FNO3S/c1-5(6-2-3-6)17-12(18)7-4-8(16)10(14)11(9(7)13)21(15,19)20/h4-6H,2-3H2,1H3,(H,17,18). The van der Waals surface area contributed by atoms with E-state index in [4.69, 9.17) is 33.9 Å². The minimum atomic E-state index is -4.39. The van der Waals surface area contributed by atoms with Crippen LogP contribution < -0.4 is 5.32 Å². The Morgan fingerprint density at radius 2 is 1.95 bits per heavy atom. The molecule has 116 valence electrons. The predicted molar refractivity (Wildman–Crippen MR) is 79.1 cm³/mol. The minimum Gasteiger partial charge on any atom is -0.349 e. The first-order chi connectivity index (χ1) is 9.62. The second-order valence-corrected chi connectivity index (χ2v) is 8.16. The topological polar surface area (TPSA) is 63.2 Å². The molecule has 1 aromatic carbocycles. The van der Waals surface area contributed by atoms with Gasteiger partial charge in [-0.05, 0) is 31.7 Å². The summed E-state index contributed by atoms with van der Waals surface area (Å²) < 4.78 is 36.6. The van der Waals surface area contributed by atoms with Crippen molar-refractivity contribution in [2.24, 2.45) is 5.92 Å². The quantitative estimate of drug-likeness (QED) is 0.647. The van der Waals surface area contributed by atoms with Gasteiger partial charge in [0.15, 0.2) is 0 Å². The molecular weight excluding hydrogens is 364 g/mol. The molecular formula is C12H11Cl3FNO3S. The Labute approximate surface area is 136 Å². The van der Waals surface area contributed by atoms with Crippen molar-refractivity contribution in [2.45, 2.75) is 30.7 Å². The van der Waals surface area contributed by atoms with Crippen LogP contribution in [-0.2, 0) is 9.05 Å². The van der Waals surface area contributed by atoms with E-state index in [-0.39, 0.29) is 11.6 Å². The van der Waals surface area contributed by atoms with E-state index < -0.39 is 35.7 Å². The predicted octanol–water partition coefficient (Wildman–Crippen LogP) is 3.59. The molecule has 9 heteroatoms. The molecule has 0 aliphatic heterocycles. The van der Waals surface area contributed by atoms with Crippen LogP contribution in [0.5, 0.6) is 0 Å². The molecule has 2 rings (SSSR count). The largest absolute Gasteiger partial charge is 0.349 e. The maximum absolute atomic E-state index is 13.7. The van der Waals surface area contributed by atoms with Gasteiger partial charge in [-0.1, -0.05) is 23.2 Å². The second kappa shape index (κ2) is 5.91. The first-order valence-electron chi connectivity index (χ1n) is 6.06. The third-order valence-corrected chi connectivity index (χ3v) is 5.64. The van der Waals surface area contributed by atoms with Gasteiger partial charge in [-0.2, -0.15) is 0 Å². The van der Waals surface area contributed by atoms with Crippen LogP contribution in [0.15, 0.2) is 11.0 Å². The number of amides is 1. The first kappa shape index (κ1) is 16.8. The van der Waals surface area contributed by atoms with Crippen molar-refractivity contribution >= 4 is 48.8 Å². The molecule has 1 fully saturated rings. The van der Waals surface area contributed by atoms with Gasteiger partial charge >= 0.3 is 0 Å². The van der Waals surface area contributed by atoms with Crippen molar-refractivity contribution in [3.8, 4) is 0 Å². The van der Waals surface area contributed by atoms with E-state index in [0.29, 0.717) is 5.92 Å². The number of nitrogens with one attached hydrogen (secondary N) is 1. The van der Waals surface area contributed by atoms with E-state index >= 15 is 0 Å². The maximum Gasteiger partial charge on any atom is 0.264 e. The zero-order valence-electron chi connectivity index (χ0n) is 10.8. The van der Waals surface area contributed by atoms with Gasteiger partial charge in [0.05, 0.1) is 15.6 Å². The Bertz CT molecular complexity index is 704. The van der Waals surface area contributed by atoms with E-state index in [2.05, 4.69) is 5.32 Å². The molecule has 1 N–H and O–H groups in total. The van der Waals surface area contributed by atoms with Gasteiger partial charge in [-0.15, -0.1) is 0 Å². The summed E-state index contributed by atoms with van der Waals surface area (Å²) in [5, 5.41) is 1.43. The Hall–Kier alpha value is -0.560. The van der Waals surface area contributed by atoms with Crippen molar-refractivity contribution < 1.29 is 17.6 Å². The number of benzene rings is 1. The lowest BCUT2D eigenvalue weighted by Crippen LogP contribution is -2.34. The van der Waals surface area contributed by atoms with Crippen LogP contribution in [0.2, 0.25) is 10.0 Å². The maximum atomic E-state index is 13.7. The van der Waals surface area contributed by atoms with Crippen molar-refractivity contribution in [1.82, 2.24) is 5.32 Å². The van der Waals surface area contributed by atoms with E-state index in [1.807, 2.05) is 6.92 Å². The molecule has 1 aliphatic carbocycles. The van der Waals surface area contributed by atoms with Crippen molar-refractivity contribution in [2.75, 3.05) is 0 Å². The van der Waals surface area contributed by atoms with E-state index in [9.17, 15) is 17.6 Å². The monoisotopic (exact) mass is 373 g/mol. The van der Waals surface area contributed by atoms with Crippen LogP contribution in [-0.4, -0.2) is 20.4 Å². The van der Waals surface area contributed by atoms with Gasteiger partial charge in [0.2, 0.25) is 0 Å². The van der Waals surface area contributed by atoms with Crippen molar-refractivity contribution in [3.63, 3.8) is 0 Å². The molecule has 1 atom stereocenters. The van der Waals surface area contributed by atoms with Crippen LogP contribution in [0.3, 0.4) is 0 Å². The number of halogens is 4. The number of hydrogen-bond donors (Lipinski definition) is 1. The molecule has 0 bridgehead atoms. The first-order valence-corrected chi connectivity index (χ1v) is 9.12. The van der Waals surface area contributed by atoms with Crippen LogP contribution in [0.4, 0.5) is 4.39 Å². The lowest BCUT2D eigenvalue weighted by molar-refractivity contribution is 0.0935. The summed E-state index contributed by atoms with van der Waals surface area (Å²) in [5.41, 5.74) is -0.315. The third-order valence-electron chi connectivity index (χ3n) is 3.29. The molecule has 0 spiro atoms. The lowest BCUT2D eigenvalue weighted by atomic mass is 10.1. The van der Waals surface area contributed by atoms with Crippen LogP contribution >= 0.6 is 33.9 Å². The van der Waals surface area contributed by atoms with Crippen molar-refractivity contribution in [1.29, 1.82) is 0 Å². The highest BCUT2D eigenvalue weighted by molar-refractivity contribution is 8.14. The van der Waals surface area contributed by atoms with Crippen molar-refractivity contribution in [3.05, 3.63) is 27.5 Å². The second-order valence-electron chi connectivity index (χ2n) is 4.90. The summed E-state index contributed by atoms with van der Waals surface area (Å²) in [7, 11) is 0.802. The highest BCUT2D eigenvalue weighted by Crippen LogP contribution is 2.37. The average Bonchev–Trinajstić information content (AvgIpc) is 3.16. The highest BCUT2D eigenvalue weighted by atomic mass is 35.7. The summed E-state index contributed by atoms with van der Waals surface area (Å²) in [4.78, 5) is 11.3. The molecule has 1 amide bonds. The lowest BCUT2D eigenvalue weighted by Gasteiger charge is -2.15. The zero-order valence-corrected chi connectivity index (χ0v) is 13.9. The summed E-state index contributed by atoms with van der Waals surface area (Å²) in [6, 6.07) is 0.689. The van der Waals surface area contributed by atoms with Gasteiger partial charge < -0.3 is 5.32 Å². The number of carbonyl (C=O) groups is 1. The fraction of sp³-hybridized carbons (Fsp3) is 0.417. The SMILES string of the molecule is CC(NC(=O)c1cc(F)c(Cl)c(S(=O)(=O)Cl)c1Cl)C1CC1. The fourth-order valence-electron chi connectivity index (χ4n) is 1.96. The fourth-order valence-corrected chi connectivity index (χ4v) is 4.34. The molecule has 1 aromatic rings. The molecule has 1 aliphatic rings. The van der Waals surface area contributed by atoms with Gasteiger partial charge in [-0.3, -0.25) is 4.79 Å². The van der Waals surface area contributed by atoms with Gasteiger partial charge in [0.1, 0.15) is 10.7 Å². The van der Waals surface area contributed by atoms with Gasteiger partial charge in [-0.25, -0.2) is 12.8 Å². The Kier molecular flexibility index (Phi) is 4.73. The Morgan fingerprint density at radius 3 is 2.43 bits per heavy atom. The van der Waals surface area contributed by atoms with Gasteiger partial charge in [0, 0.05) is 16.7 Å². The summed E-state index contributed by atoms with van der Waals surface area (Å²) in [5.74, 6) is -1.37. The molecule has 0 saturated heterocycles. The minimum absolute atomic E-state index is 0.108. The Morgan fingerprint density at radius 1 is 1.38 bits per heavy atom. The molecule has 1 unspecified atom stereocenters. The Balaban J connectivity index is 2.44. The van der Waals surface area contributed by atoms with Gasteiger partial charge in [0.25, 0.3) is 15.0 Å².